The molecule has 108 valence electrons. The minimum absolute atomic E-state index is 0.396. The summed E-state index contributed by atoms with van der Waals surface area (Å²) in [6.07, 6.45) is 0.995. The third kappa shape index (κ3) is 4.52. The van der Waals surface area contributed by atoms with Gasteiger partial charge in [0, 0.05) is 18.0 Å². The number of halogens is 2. The van der Waals surface area contributed by atoms with Gasteiger partial charge >= 0.3 is 0 Å². The molecule has 3 nitrogen and oxygen atoms in total. The number of aliphatic hydroxyl groups is 1. The number of rotatable bonds is 6. The molecule has 1 atom stereocenters. The molecule has 0 saturated heterocycles. The molecule has 1 N–H and O–H groups in total. The van der Waals surface area contributed by atoms with Crippen molar-refractivity contribution in [2.45, 2.75) is 19.1 Å². The molecular weight excluding hydrogens is 299 g/mol. The van der Waals surface area contributed by atoms with Crippen molar-refractivity contribution in [2.24, 2.45) is 0 Å². The van der Waals surface area contributed by atoms with Gasteiger partial charge in [-0.05, 0) is 37.7 Å². The highest BCUT2D eigenvalue weighted by atomic mass is 35.5. The van der Waals surface area contributed by atoms with Gasteiger partial charge in [0.25, 0.3) is 0 Å². The summed E-state index contributed by atoms with van der Waals surface area (Å²) in [5, 5.41) is 10.0. The van der Waals surface area contributed by atoms with Gasteiger partial charge in [0.15, 0.2) is 0 Å². The van der Waals surface area contributed by atoms with E-state index in [0.29, 0.717) is 12.1 Å². The van der Waals surface area contributed by atoms with Crippen molar-refractivity contribution in [3.63, 3.8) is 0 Å². The Hall–Kier alpha value is -1.01. The third-order valence-corrected chi connectivity index (χ3v) is 4.15. The largest absolute Gasteiger partial charge is 0.387 e. The Labute approximate surface area is 126 Å². The lowest BCUT2D eigenvalue weighted by atomic mass is 10.1. The topological polar surface area (TPSA) is 36.4 Å². The van der Waals surface area contributed by atoms with Crippen LogP contribution in [0.5, 0.6) is 0 Å². The van der Waals surface area contributed by atoms with E-state index in [-0.39, 0.29) is 0 Å². The maximum absolute atomic E-state index is 12.7. The summed E-state index contributed by atoms with van der Waals surface area (Å²) < 4.78 is 13.5. The maximum Gasteiger partial charge on any atom is 0.141 e. The standard InChI is InChI=1S/C14H16ClFN2OS/c1-18(9-11-3-5-14(15)20-11)7-6-13(19)12-4-2-10(16)8-17-12/h2-5,8,13,19H,6-7,9H2,1H3. The molecule has 20 heavy (non-hydrogen) atoms. The van der Waals surface area contributed by atoms with Crippen LogP contribution in [-0.2, 0) is 6.54 Å². The Morgan fingerprint density at radius 2 is 2.20 bits per heavy atom. The summed E-state index contributed by atoms with van der Waals surface area (Å²) >= 11 is 7.44. The Morgan fingerprint density at radius 3 is 2.80 bits per heavy atom. The quantitative estimate of drug-likeness (QED) is 0.886. The van der Waals surface area contributed by atoms with E-state index in [4.69, 9.17) is 11.6 Å². The lowest BCUT2D eigenvalue weighted by molar-refractivity contribution is 0.143. The van der Waals surface area contributed by atoms with Crippen molar-refractivity contribution in [1.82, 2.24) is 9.88 Å². The van der Waals surface area contributed by atoms with E-state index in [1.54, 1.807) is 11.3 Å². The monoisotopic (exact) mass is 314 g/mol. The molecule has 0 bridgehead atoms. The van der Waals surface area contributed by atoms with Gasteiger partial charge in [0.05, 0.1) is 22.3 Å². The zero-order valence-electron chi connectivity index (χ0n) is 11.1. The van der Waals surface area contributed by atoms with Gasteiger partial charge in [-0.1, -0.05) is 11.6 Å². The Balaban J connectivity index is 1.80. The van der Waals surface area contributed by atoms with Gasteiger partial charge in [-0.2, -0.15) is 0 Å². The average Bonchev–Trinajstić information content (AvgIpc) is 2.82. The second-order valence-electron chi connectivity index (χ2n) is 4.65. The van der Waals surface area contributed by atoms with E-state index < -0.39 is 11.9 Å². The van der Waals surface area contributed by atoms with Crippen molar-refractivity contribution < 1.29 is 9.50 Å². The first-order chi connectivity index (χ1) is 9.54. The highest BCUT2D eigenvalue weighted by Gasteiger charge is 2.11. The molecule has 0 aliphatic heterocycles. The highest BCUT2D eigenvalue weighted by molar-refractivity contribution is 7.16. The van der Waals surface area contributed by atoms with Crippen molar-refractivity contribution in [3.8, 4) is 0 Å². The zero-order valence-corrected chi connectivity index (χ0v) is 12.7. The second kappa shape index (κ2) is 7.13. The summed E-state index contributed by atoms with van der Waals surface area (Å²) in [6.45, 7) is 1.51. The SMILES string of the molecule is CN(CCC(O)c1ccc(F)cn1)Cc1ccc(Cl)s1. The number of hydrogen-bond donors (Lipinski definition) is 1. The minimum Gasteiger partial charge on any atom is -0.387 e. The van der Waals surface area contributed by atoms with Gasteiger partial charge in [-0.3, -0.25) is 4.98 Å². The minimum atomic E-state index is -0.676. The van der Waals surface area contributed by atoms with Crippen molar-refractivity contribution in [2.75, 3.05) is 13.6 Å². The van der Waals surface area contributed by atoms with Crippen LogP contribution in [0.3, 0.4) is 0 Å². The third-order valence-electron chi connectivity index (χ3n) is 2.93. The predicted octanol–water partition coefficient (Wildman–Crippen LogP) is 3.49. The van der Waals surface area contributed by atoms with Crippen LogP contribution in [-0.4, -0.2) is 28.6 Å². The van der Waals surface area contributed by atoms with Gasteiger partial charge in [0.1, 0.15) is 5.82 Å². The summed E-state index contributed by atoms with van der Waals surface area (Å²) in [5.74, 6) is -0.396. The molecule has 2 aromatic rings. The van der Waals surface area contributed by atoms with E-state index in [1.165, 1.54) is 17.0 Å². The molecule has 0 saturated carbocycles. The Bertz CT molecular complexity index is 546. The first-order valence-corrected chi connectivity index (χ1v) is 7.46. The van der Waals surface area contributed by atoms with Crippen LogP contribution in [0, 0.1) is 5.82 Å². The molecule has 2 heterocycles. The van der Waals surface area contributed by atoms with E-state index in [0.717, 1.165) is 23.6 Å². The molecule has 0 aliphatic carbocycles. The first kappa shape index (κ1) is 15.4. The van der Waals surface area contributed by atoms with E-state index >= 15 is 0 Å². The number of pyridine rings is 1. The van der Waals surface area contributed by atoms with Crippen LogP contribution in [0.1, 0.15) is 23.1 Å². The van der Waals surface area contributed by atoms with Crippen LogP contribution < -0.4 is 0 Å². The van der Waals surface area contributed by atoms with Crippen LogP contribution in [0.15, 0.2) is 30.5 Å². The lowest BCUT2D eigenvalue weighted by Gasteiger charge is -2.17. The van der Waals surface area contributed by atoms with Crippen molar-refractivity contribution in [3.05, 3.63) is 51.2 Å². The molecule has 0 spiro atoms. The summed E-state index contributed by atoms with van der Waals surface area (Å²) in [7, 11) is 1.98. The molecular formula is C14H16ClFN2OS. The van der Waals surface area contributed by atoms with Crippen LogP contribution >= 0.6 is 22.9 Å². The number of thiophene rings is 1. The fraction of sp³-hybridized carbons (Fsp3) is 0.357. The van der Waals surface area contributed by atoms with E-state index in [1.807, 2.05) is 19.2 Å². The number of hydrogen-bond acceptors (Lipinski definition) is 4. The smallest absolute Gasteiger partial charge is 0.141 e. The zero-order chi connectivity index (χ0) is 14.5. The number of aromatic nitrogens is 1. The second-order valence-corrected chi connectivity index (χ2v) is 6.45. The first-order valence-electron chi connectivity index (χ1n) is 6.27. The van der Waals surface area contributed by atoms with Gasteiger partial charge in [-0.25, -0.2) is 4.39 Å². The molecule has 0 radical (unpaired) electrons. The fourth-order valence-electron chi connectivity index (χ4n) is 1.86. The molecule has 6 heteroatoms. The molecule has 2 aromatic heterocycles. The van der Waals surface area contributed by atoms with Gasteiger partial charge in [0.2, 0.25) is 0 Å². The molecule has 2 rings (SSSR count). The Morgan fingerprint density at radius 1 is 1.40 bits per heavy atom. The lowest BCUT2D eigenvalue weighted by Crippen LogP contribution is -2.20. The van der Waals surface area contributed by atoms with Gasteiger partial charge < -0.3 is 10.0 Å². The molecule has 0 fully saturated rings. The number of nitrogens with zero attached hydrogens (tertiary/aromatic N) is 2. The van der Waals surface area contributed by atoms with Gasteiger partial charge in [-0.15, -0.1) is 11.3 Å². The normalized spacial score (nSPS) is 12.8. The Kier molecular flexibility index (Phi) is 5.48. The van der Waals surface area contributed by atoms with Crippen LogP contribution in [0.2, 0.25) is 4.34 Å². The average molecular weight is 315 g/mol. The maximum atomic E-state index is 12.7. The predicted molar refractivity (Wildman–Crippen MR) is 79.4 cm³/mol. The highest BCUT2D eigenvalue weighted by Crippen LogP contribution is 2.23. The van der Waals surface area contributed by atoms with Crippen molar-refractivity contribution in [1.29, 1.82) is 0 Å². The fourth-order valence-corrected chi connectivity index (χ4v) is 3.02. The summed E-state index contributed by atoms with van der Waals surface area (Å²) in [6, 6.07) is 6.70. The summed E-state index contributed by atoms with van der Waals surface area (Å²) in [4.78, 5) is 7.18. The van der Waals surface area contributed by atoms with E-state index in [9.17, 15) is 9.50 Å². The molecule has 0 aliphatic rings. The van der Waals surface area contributed by atoms with Crippen LogP contribution in [0.4, 0.5) is 4.39 Å². The molecule has 0 aromatic carbocycles. The van der Waals surface area contributed by atoms with Crippen molar-refractivity contribution >= 4 is 22.9 Å². The number of aliphatic hydroxyl groups excluding tert-OH is 1. The van der Waals surface area contributed by atoms with E-state index in [2.05, 4.69) is 9.88 Å². The van der Waals surface area contributed by atoms with Crippen LogP contribution in [0.25, 0.3) is 0 Å². The molecule has 1 unspecified atom stereocenters. The molecule has 0 amide bonds. The summed E-state index contributed by atoms with van der Waals surface area (Å²) in [5.41, 5.74) is 0.499.